The van der Waals surface area contributed by atoms with Crippen LogP contribution in [0.5, 0.6) is 0 Å². The van der Waals surface area contributed by atoms with Crippen molar-refractivity contribution in [1.82, 2.24) is 0 Å². The molecule has 0 saturated heterocycles. The maximum absolute atomic E-state index is 14.1. The van der Waals surface area contributed by atoms with Crippen molar-refractivity contribution < 1.29 is 28.3 Å². The first-order valence-electron chi connectivity index (χ1n) is 7.08. The molecule has 1 N–H and O–H groups in total. The lowest BCUT2D eigenvalue weighted by Gasteiger charge is -2.32. The lowest BCUT2D eigenvalue weighted by Crippen LogP contribution is -2.39. The van der Waals surface area contributed by atoms with Crippen LogP contribution in [0.15, 0.2) is 17.7 Å². The molecule has 1 aromatic carbocycles. The van der Waals surface area contributed by atoms with Gasteiger partial charge >= 0.3 is 0 Å². The van der Waals surface area contributed by atoms with Crippen molar-refractivity contribution in [3.63, 3.8) is 0 Å². The van der Waals surface area contributed by atoms with Gasteiger partial charge in [-0.05, 0) is 32.9 Å². The SMILES string of the molecule is CC(=O)CCC(=O)C1=C(O)c2ccc(F)c(F)c2C(C)(C)C1=O. The van der Waals surface area contributed by atoms with E-state index in [1.165, 1.54) is 20.8 Å². The Morgan fingerprint density at radius 1 is 1.17 bits per heavy atom. The van der Waals surface area contributed by atoms with Crippen molar-refractivity contribution in [2.24, 2.45) is 0 Å². The van der Waals surface area contributed by atoms with Crippen molar-refractivity contribution in [3.8, 4) is 0 Å². The van der Waals surface area contributed by atoms with Gasteiger partial charge in [-0.15, -0.1) is 0 Å². The smallest absolute Gasteiger partial charge is 0.180 e. The molecule has 122 valence electrons. The molecule has 23 heavy (non-hydrogen) atoms. The second-order valence-corrected chi connectivity index (χ2v) is 6.09. The number of aliphatic hydroxyl groups excluding tert-OH is 1. The second kappa shape index (κ2) is 5.68. The minimum Gasteiger partial charge on any atom is -0.506 e. The van der Waals surface area contributed by atoms with E-state index in [0.717, 1.165) is 12.1 Å². The lowest BCUT2D eigenvalue weighted by molar-refractivity contribution is -0.126. The molecule has 0 unspecified atom stereocenters. The van der Waals surface area contributed by atoms with Crippen molar-refractivity contribution >= 4 is 23.1 Å². The van der Waals surface area contributed by atoms with E-state index in [9.17, 15) is 28.3 Å². The molecular formula is C17H16F2O4. The number of carbonyl (C=O) groups is 3. The number of ketones is 3. The lowest BCUT2D eigenvalue weighted by atomic mass is 9.69. The predicted octanol–water partition coefficient (Wildman–Crippen LogP) is 3.03. The highest BCUT2D eigenvalue weighted by Crippen LogP contribution is 2.41. The number of rotatable bonds is 4. The Bertz CT molecular complexity index is 760. The molecule has 0 atom stereocenters. The Labute approximate surface area is 131 Å². The van der Waals surface area contributed by atoms with Crippen molar-refractivity contribution in [2.45, 2.75) is 39.0 Å². The highest BCUT2D eigenvalue weighted by molar-refractivity contribution is 6.29. The van der Waals surface area contributed by atoms with Gasteiger partial charge in [0, 0.05) is 24.0 Å². The van der Waals surface area contributed by atoms with Gasteiger partial charge in [-0.1, -0.05) is 0 Å². The molecule has 1 aliphatic carbocycles. The van der Waals surface area contributed by atoms with E-state index >= 15 is 0 Å². The van der Waals surface area contributed by atoms with Gasteiger partial charge in [0.2, 0.25) is 0 Å². The average molecular weight is 322 g/mol. The number of allylic oxidation sites excluding steroid dienone is 1. The third-order valence-corrected chi connectivity index (χ3v) is 3.99. The van der Waals surface area contributed by atoms with E-state index in [4.69, 9.17) is 0 Å². The van der Waals surface area contributed by atoms with Gasteiger partial charge in [0.05, 0.1) is 5.41 Å². The van der Waals surface area contributed by atoms with Gasteiger partial charge in [-0.3, -0.25) is 9.59 Å². The van der Waals surface area contributed by atoms with Gasteiger partial charge in [-0.25, -0.2) is 8.78 Å². The molecule has 0 saturated carbocycles. The maximum Gasteiger partial charge on any atom is 0.180 e. The van der Waals surface area contributed by atoms with Crippen LogP contribution in [-0.4, -0.2) is 22.5 Å². The number of benzene rings is 1. The highest BCUT2D eigenvalue weighted by Gasteiger charge is 2.45. The van der Waals surface area contributed by atoms with Crippen LogP contribution in [0, 0.1) is 11.6 Å². The number of hydrogen-bond donors (Lipinski definition) is 1. The summed E-state index contributed by atoms with van der Waals surface area (Å²) in [6.07, 6.45) is -0.288. The van der Waals surface area contributed by atoms with Crippen LogP contribution in [0.2, 0.25) is 0 Å². The van der Waals surface area contributed by atoms with E-state index in [2.05, 4.69) is 0 Å². The molecule has 0 amide bonds. The van der Waals surface area contributed by atoms with Crippen LogP contribution in [0.4, 0.5) is 8.78 Å². The highest BCUT2D eigenvalue weighted by atomic mass is 19.2. The third-order valence-electron chi connectivity index (χ3n) is 3.99. The molecule has 1 aromatic rings. The summed E-state index contributed by atoms with van der Waals surface area (Å²) in [5.41, 5.74) is -2.33. The van der Waals surface area contributed by atoms with Crippen molar-refractivity contribution in [2.75, 3.05) is 0 Å². The zero-order valence-electron chi connectivity index (χ0n) is 13.0. The fraction of sp³-hybridized carbons (Fsp3) is 0.353. The number of carbonyl (C=O) groups excluding carboxylic acids is 3. The molecule has 4 nitrogen and oxygen atoms in total. The summed E-state index contributed by atoms with van der Waals surface area (Å²) in [4.78, 5) is 35.8. The molecule has 0 aliphatic heterocycles. The second-order valence-electron chi connectivity index (χ2n) is 6.09. The summed E-state index contributed by atoms with van der Waals surface area (Å²) in [7, 11) is 0. The van der Waals surface area contributed by atoms with Crippen LogP contribution in [0.3, 0.4) is 0 Å². The summed E-state index contributed by atoms with van der Waals surface area (Å²) < 4.78 is 27.6. The molecule has 0 spiro atoms. The zero-order valence-corrected chi connectivity index (χ0v) is 13.0. The van der Waals surface area contributed by atoms with Crippen LogP contribution in [0.25, 0.3) is 5.76 Å². The van der Waals surface area contributed by atoms with Gasteiger partial charge in [-0.2, -0.15) is 0 Å². The van der Waals surface area contributed by atoms with E-state index in [1.54, 1.807) is 0 Å². The summed E-state index contributed by atoms with van der Waals surface area (Å²) in [5, 5.41) is 10.2. The van der Waals surface area contributed by atoms with Crippen LogP contribution in [-0.2, 0) is 19.8 Å². The third kappa shape index (κ3) is 2.69. The molecule has 0 radical (unpaired) electrons. The van der Waals surface area contributed by atoms with E-state index in [0.29, 0.717) is 0 Å². The van der Waals surface area contributed by atoms with Gasteiger partial charge in [0.15, 0.2) is 23.2 Å². The predicted molar refractivity (Wildman–Crippen MR) is 78.9 cm³/mol. The Hall–Kier alpha value is -2.37. The number of halogens is 2. The fourth-order valence-corrected chi connectivity index (χ4v) is 2.70. The van der Waals surface area contributed by atoms with Crippen molar-refractivity contribution in [1.29, 1.82) is 0 Å². The minimum absolute atomic E-state index is 0.0615. The van der Waals surface area contributed by atoms with Gasteiger partial charge in [0.25, 0.3) is 0 Å². The maximum atomic E-state index is 14.1. The zero-order chi connectivity index (χ0) is 17.5. The number of fused-ring (bicyclic) bond motifs is 1. The first kappa shape index (κ1) is 17.0. The monoisotopic (exact) mass is 322 g/mol. The number of aliphatic hydroxyl groups is 1. The fourth-order valence-electron chi connectivity index (χ4n) is 2.70. The molecule has 2 rings (SSSR count). The Kier molecular flexibility index (Phi) is 4.20. The van der Waals surface area contributed by atoms with Crippen LogP contribution in [0.1, 0.15) is 44.7 Å². The summed E-state index contributed by atoms with van der Waals surface area (Å²) >= 11 is 0. The van der Waals surface area contributed by atoms with Gasteiger partial charge in [0.1, 0.15) is 17.1 Å². The molecular weight excluding hydrogens is 306 g/mol. The van der Waals surface area contributed by atoms with Crippen molar-refractivity contribution in [3.05, 3.63) is 40.5 Å². The molecule has 6 heteroatoms. The molecule has 0 aromatic heterocycles. The average Bonchev–Trinajstić information content (AvgIpc) is 2.46. The van der Waals surface area contributed by atoms with Gasteiger partial charge < -0.3 is 9.90 Å². The first-order valence-corrected chi connectivity index (χ1v) is 7.08. The minimum atomic E-state index is -1.50. The van der Waals surface area contributed by atoms with Crippen LogP contribution >= 0.6 is 0 Å². The molecule has 0 bridgehead atoms. The summed E-state index contributed by atoms with van der Waals surface area (Å²) in [6, 6.07) is 1.96. The normalized spacial score (nSPS) is 16.3. The standard InChI is InChI=1S/C17H16F2O4/c1-8(20)4-7-11(21)12-15(22)9-5-6-10(18)14(19)13(9)17(2,3)16(12)23/h5-6,22H,4,7H2,1-3H3. The summed E-state index contributed by atoms with van der Waals surface area (Å²) in [5.74, 6) is -4.73. The Balaban J connectivity index is 2.64. The number of hydrogen-bond acceptors (Lipinski definition) is 4. The van der Waals surface area contributed by atoms with E-state index in [1.807, 2.05) is 0 Å². The topological polar surface area (TPSA) is 71.4 Å². The molecule has 1 aliphatic rings. The Morgan fingerprint density at radius 2 is 1.78 bits per heavy atom. The van der Waals surface area contributed by atoms with E-state index in [-0.39, 0.29) is 29.8 Å². The largest absolute Gasteiger partial charge is 0.506 e. The van der Waals surface area contributed by atoms with E-state index < -0.39 is 39.9 Å². The first-order chi connectivity index (χ1) is 10.6. The summed E-state index contributed by atoms with van der Waals surface area (Å²) in [6.45, 7) is 4.03. The molecule has 0 heterocycles. The van der Waals surface area contributed by atoms with Crippen LogP contribution < -0.4 is 0 Å². The molecule has 0 fully saturated rings. The number of Topliss-reactive ketones (excluding diaryl/α,β-unsaturated/α-hetero) is 3. The quantitative estimate of drug-likeness (QED) is 0.865. The Morgan fingerprint density at radius 3 is 2.35 bits per heavy atom.